The third-order valence-corrected chi connectivity index (χ3v) is 2.78. The highest BCUT2D eigenvalue weighted by Gasteiger charge is 2.30. The Hall–Kier alpha value is -1.91. The van der Waals surface area contributed by atoms with Gasteiger partial charge in [-0.3, -0.25) is 4.79 Å². The number of carbonyl (C=O) groups excluding carboxylic acids is 1. The Balaban J connectivity index is 2.65. The molecule has 1 aromatic carbocycles. The van der Waals surface area contributed by atoms with Crippen molar-refractivity contribution >= 4 is 5.78 Å². The average molecular weight is 252 g/mol. The van der Waals surface area contributed by atoms with Crippen LogP contribution in [-0.2, 0) is 0 Å². The molecule has 1 aliphatic rings. The molecule has 0 saturated heterocycles. The molecular weight excluding hydrogens is 236 g/mol. The number of hydrogen-bond donors (Lipinski definition) is 0. The first-order valence-electron chi connectivity index (χ1n) is 5.69. The number of fused-ring (bicyclic) bond motifs is 1. The predicted octanol–water partition coefficient (Wildman–Crippen LogP) is 2.27. The second kappa shape index (κ2) is 4.76. The highest BCUT2D eigenvalue weighted by Crippen LogP contribution is 2.48. The largest absolute Gasteiger partial charge is 0.496 e. The van der Waals surface area contributed by atoms with Crippen LogP contribution in [0, 0.1) is 5.92 Å². The van der Waals surface area contributed by atoms with Crippen LogP contribution in [0.3, 0.4) is 0 Å². The average Bonchev–Trinajstić information content (AvgIpc) is 2.82. The van der Waals surface area contributed by atoms with E-state index in [1.165, 1.54) is 14.2 Å². The van der Waals surface area contributed by atoms with Gasteiger partial charge in [0.2, 0.25) is 12.5 Å². The fraction of sp³-hybridized carbons (Fsp3) is 0.462. The first-order valence-corrected chi connectivity index (χ1v) is 5.69. The standard InChI is InChI=1S/C13H16O5/c1-7(2)11(14)10-8(15-3)5-9-12(13(10)16-4)18-6-17-9/h5,7H,6H2,1-4H3. The van der Waals surface area contributed by atoms with Crippen LogP contribution in [0.4, 0.5) is 0 Å². The van der Waals surface area contributed by atoms with Gasteiger partial charge in [-0.25, -0.2) is 0 Å². The lowest BCUT2D eigenvalue weighted by Crippen LogP contribution is -2.11. The van der Waals surface area contributed by atoms with Crippen LogP contribution in [0.5, 0.6) is 23.0 Å². The fourth-order valence-corrected chi connectivity index (χ4v) is 1.87. The number of methoxy groups -OCH3 is 2. The van der Waals surface area contributed by atoms with Gasteiger partial charge in [-0.15, -0.1) is 0 Å². The third-order valence-electron chi connectivity index (χ3n) is 2.78. The molecule has 1 heterocycles. The zero-order valence-electron chi connectivity index (χ0n) is 10.9. The van der Waals surface area contributed by atoms with E-state index < -0.39 is 0 Å². The lowest BCUT2D eigenvalue weighted by atomic mass is 9.98. The van der Waals surface area contributed by atoms with Gasteiger partial charge in [0.15, 0.2) is 17.3 Å². The molecule has 0 bridgehead atoms. The maximum Gasteiger partial charge on any atom is 0.231 e. The smallest absolute Gasteiger partial charge is 0.231 e. The number of carbonyl (C=O) groups is 1. The quantitative estimate of drug-likeness (QED) is 0.769. The predicted molar refractivity (Wildman–Crippen MR) is 64.8 cm³/mol. The molecule has 1 aromatic rings. The van der Waals surface area contributed by atoms with Crippen LogP contribution in [0.15, 0.2) is 6.07 Å². The van der Waals surface area contributed by atoms with Crippen molar-refractivity contribution < 1.29 is 23.7 Å². The minimum absolute atomic E-state index is 0.0537. The summed E-state index contributed by atoms with van der Waals surface area (Å²) in [5, 5.41) is 0. The molecule has 0 fully saturated rings. The minimum atomic E-state index is -0.159. The third kappa shape index (κ3) is 1.85. The molecule has 0 radical (unpaired) electrons. The Bertz CT molecular complexity index is 479. The Kier molecular flexibility index (Phi) is 3.32. The van der Waals surface area contributed by atoms with E-state index in [4.69, 9.17) is 18.9 Å². The molecule has 98 valence electrons. The van der Waals surface area contributed by atoms with Crippen molar-refractivity contribution in [2.75, 3.05) is 21.0 Å². The van der Waals surface area contributed by atoms with Crippen LogP contribution >= 0.6 is 0 Å². The normalized spacial score (nSPS) is 12.7. The topological polar surface area (TPSA) is 54.0 Å². The van der Waals surface area contributed by atoms with E-state index in [9.17, 15) is 4.79 Å². The second-order valence-corrected chi connectivity index (χ2v) is 4.24. The van der Waals surface area contributed by atoms with E-state index in [1.54, 1.807) is 6.07 Å². The summed E-state index contributed by atoms with van der Waals surface area (Å²) in [6, 6.07) is 1.65. The van der Waals surface area contributed by atoms with E-state index >= 15 is 0 Å². The lowest BCUT2D eigenvalue weighted by molar-refractivity contribution is 0.0932. The molecule has 0 aliphatic carbocycles. The fourth-order valence-electron chi connectivity index (χ4n) is 1.87. The van der Waals surface area contributed by atoms with Crippen molar-refractivity contribution in [3.05, 3.63) is 11.6 Å². The van der Waals surface area contributed by atoms with E-state index in [-0.39, 0.29) is 18.5 Å². The Morgan fingerprint density at radius 2 is 2.00 bits per heavy atom. The highest BCUT2D eigenvalue weighted by molar-refractivity contribution is 6.03. The zero-order valence-corrected chi connectivity index (χ0v) is 10.9. The van der Waals surface area contributed by atoms with Crippen molar-refractivity contribution in [1.82, 2.24) is 0 Å². The summed E-state index contributed by atoms with van der Waals surface area (Å²) in [5.74, 6) is 1.59. The molecule has 18 heavy (non-hydrogen) atoms. The van der Waals surface area contributed by atoms with Crippen molar-refractivity contribution in [2.24, 2.45) is 5.92 Å². The monoisotopic (exact) mass is 252 g/mol. The molecule has 0 aromatic heterocycles. The summed E-state index contributed by atoms with van der Waals surface area (Å²) in [4.78, 5) is 12.2. The first-order chi connectivity index (χ1) is 8.60. The van der Waals surface area contributed by atoms with Crippen molar-refractivity contribution in [3.8, 4) is 23.0 Å². The SMILES string of the molecule is COc1cc2c(c(OC)c1C(=O)C(C)C)OCO2. The van der Waals surface area contributed by atoms with Gasteiger partial charge in [0, 0.05) is 12.0 Å². The van der Waals surface area contributed by atoms with E-state index in [1.807, 2.05) is 13.8 Å². The van der Waals surface area contributed by atoms with Crippen molar-refractivity contribution in [1.29, 1.82) is 0 Å². The minimum Gasteiger partial charge on any atom is -0.496 e. The van der Waals surface area contributed by atoms with Crippen LogP contribution in [-0.4, -0.2) is 26.8 Å². The summed E-state index contributed by atoms with van der Waals surface area (Å²) >= 11 is 0. The number of Topliss-reactive ketones (excluding diaryl/α,β-unsaturated/α-hetero) is 1. The molecule has 0 saturated carbocycles. The molecule has 0 amide bonds. The number of benzene rings is 1. The van der Waals surface area contributed by atoms with E-state index in [0.717, 1.165) is 0 Å². The number of ether oxygens (including phenoxy) is 4. The van der Waals surface area contributed by atoms with Gasteiger partial charge in [0.05, 0.1) is 14.2 Å². The maximum absolute atomic E-state index is 12.2. The van der Waals surface area contributed by atoms with Gasteiger partial charge in [-0.05, 0) is 0 Å². The van der Waals surface area contributed by atoms with Crippen LogP contribution in [0.25, 0.3) is 0 Å². The molecule has 1 aliphatic heterocycles. The van der Waals surface area contributed by atoms with Gasteiger partial charge in [-0.2, -0.15) is 0 Å². The molecule has 0 unspecified atom stereocenters. The van der Waals surface area contributed by atoms with Crippen LogP contribution < -0.4 is 18.9 Å². The lowest BCUT2D eigenvalue weighted by Gasteiger charge is -2.15. The zero-order chi connectivity index (χ0) is 13.3. The van der Waals surface area contributed by atoms with Crippen molar-refractivity contribution in [3.63, 3.8) is 0 Å². The Morgan fingerprint density at radius 1 is 1.28 bits per heavy atom. The van der Waals surface area contributed by atoms with Gasteiger partial charge in [-0.1, -0.05) is 13.8 Å². The Labute approximate surface area is 106 Å². The van der Waals surface area contributed by atoms with Crippen LogP contribution in [0.1, 0.15) is 24.2 Å². The second-order valence-electron chi connectivity index (χ2n) is 4.24. The summed E-state index contributed by atoms with van der Waals surface area (Å²) in [6.07, 6.45) is 0. The summed E-state index contributed by atoms with van der Waals surface area (Å²) in [6.45, 7) is 3.77. The Morgan fingerprint density at radius 3 is 2.56 bits per heavy atom. The summed E-state index contributed by atoms with van der Waals surface area (Å²) in [7, 11) is 3.00. The molecule has 0 N–H and O–H groups in total. The maximum atomic E-state index is 12.2. The summed E-state index contributed by atoms with van der Waals surface area (Å²) in [5.41, 5.74) is 0.402. The van der Waals surface area contributed by atoms with E-state index in [2.05, 4.69) is 0 Å². The van der Waals surface area contributed by atoms with Crippen molar-refractivity contribution in [2.45, 2.75) is 13.8 Å². The van der Waals surface area contributed by atoms with Gasteiger partial charge in [0.1, 0.15) is 11.3 Å². The van der Waals surface area contributed by atoms with Crippen LogP contribution in [0.2, 0.25) is 0 Å². The molecule has 2 rings (SSSR count). The summed E-state index contributed by atoms with van der Waals surface area (Å²) < 4.78 is 21.2. The molecular formula is C13H16O5. The van der Waals surface area contributed by atoms with E-state index in [0.29, 0.717) is 28.6 Å². The molecule has 5 nitrogen and oxygen atoms in total. The molecule has 0 atom stereocenters. The molecule has 5 heteroatoms. The van der Waals surface area contributed by atoms with Gasteiger partial charge < -0.3 is 18.9 Å². The number of rotatable bonds is 4. The molecule has 0 spiro atoms. The number of ketones is 1. The van der Waals surface area contributed by atoms with Gasteiger partial charge in [0.25, 0.3) is 0 Å². The first kappa shape index (κ1) is 12.5. The highest BCUT2D eigenvalue weighted by atomic mass is 16.7. The van der Waals surface area contributed by atoms with Gasteiger partial charge >= 0.3 is 0 Å². The number of hydrogen-bond acceptors (Lipinski definition) is 5.